The number of Topliss-reactive ketones (excluding diaryl/α,β-unsaturated/α-hetero) is 1. The number of ketones is 1. The van der Waals surface area contributed by atoms with Gasteiger partial charge in [0.25, 0.3) is 0 Å². The minimum Gasteiger partial charge on any atom is -0.298 e. The predicted molar refractivity (Wildman–Crippen MR) is 59.3 cm³/mol. The molecule has 3 heteroatoms. The lowest BCUT2D eigenvalue weighted by Gasteiger charge is -2.04. The molecule has 0 radical (unpaired) electrons. The van der Waals surface area contributed by atoms with Crippen LogP contribution in [0.1, 0.15) is 33.2 Å². The molecule has 1 aromatic carbocycles. The summed E-state index contributed by atoms with van der Waals surface area (Å²) < 4.78 is 0.884. The molecule has 0 atom stereocenters. The van der Waals surface area contributed by atoms with Gasteiger partial charge in [0, 0.05) is 14.7 Å². The minimum absolute atomic E-state index is 0.00278. The standard InChI is InChI=1S/C10H9IO2/c1-6-3-10(11)8(5-12)4-9(6)7(2)13/h3-5H,1-2H3. The van der Waals surface area contributed by atoms with Gasteiger partial charge in [-0.25, -0.2) is 0 Å². The second-order valence-electron chi connectivity index (χ2n) is 2.86. The molecule has 68 valence electrons. The number of hydrogen-bond donors (Lipinski definition) is 0. The van der Waals surface area contributed by atoms with E-state index in [0.29, 0.717) is 11.1 Å². The molecule has 0 heterocycles. The van der Waals surface area contributed by atoms with Crippen molar-refractivity contribution in [3.05, 3.63) is 32.4 Å². The van der Waals surface area contributed by atoms with Crippen molar-refractivity contribution < 1.29 is 9.59 Å². The first-order valence-electron chi connectivity index (χ1n) is 3.82. The summed E-state index contributed by atoms with van der Waals surface area (Å²) in [5, 5.41) is 0. The van der Waals surface area contributed by atoms with Crippen LogP contribution in [0.15, 0.2) is 12.1 Å². The first-order valence-corrected chi connectivity index (χ1v) is 4.90. The first kappa shape index (κ1) is 10.4. The fraction of sp³-hybridized carbons (Fsp3) is 0.200. The molecule has 1 rings (SSSR count). The van der Waals surface area contributed by atoms with Gasteiger partial charge in [0.1, 0.15) is 0 Å². The lowest BCUT2D eigenvalue weighted by Crippen LogP contribution is -1.99. The van der Waals surface area contributed by atoms with Gasteiger partial charge in [-0.2, -0.15) is 0 Å². The minimum atomic E-state index is -0.00278. The molecule has 0 saturated heterocycles. The molecule has 0 spiro atoms. The van der Waals surface area contributed by atoms with Crippen LogP contribution < -0.4 is 0 Å². The zero-order chi connectivity index (χ0) is 10.0. The quantitative estimate of drug-likeness (QED) is 0.476. The molecule has 1 aromatic rings. The zero-order valence-electron chi connectivity index (χ0n) is 7.43. The van der Waals surface area contributed by atoms with E-state index in [2.05, 4.69) is 22.6 Å². The number of carbonyl (C=O) groups excluding carboxylic acids is 2. The summed E-state index contributed by atoms with van der Waals surface area (Å²) in [5.41, 5.74) is 2.13. The molecular formula is C10H9IO2. The Hall–Kier alpha value is -0.710. The summed E-state index contributed by atoms with van der Waals surface area (Å²) in [6, 6.07) is 3.49. The van der Waals surface area contributed by atoms with Crippen molar-refractivity contribution in [3.8, 4) is 0 Å². The van der Waals surface area contributed by atoms with Crippen LogP contribution in [-0.2, 0) is 0 Å². The zero-order valence-corrected chi connectivity index (χ0v) is 9.58. The molecule has 0 aliphatic heterocycles. The molecule has 2 nitrogen and oxygen atoms in total. The number of aldehydes is 1. The van der Waals surface area contributed by atoms with Gasteiger partial charge in [-0.15, -0.1) is 0 Å². The van der Waals surface area contributed by atoms with E-state index in [1.807, 2.05) is 13.0 Å². The maximum atomic E-state index is 11.1. The number of rotatable bonds is 2. The van der Waals surface area contributed by atoms with Crippen LogP contribution in [0.2, 0.25) is 0 Å². The van der Waals surface area contributed by atoms with Gasteiger partial charge in [0.15, 0.2) is 12.1 Å². The molecule has 0 amide bonds. The Bertz CT molecular complexity index is 369. The van der Waals surface area contributed by atoms with E-state index in [4.69, 9.17) is 0 Å². The third kappa shape index (κ3) is 2.15. The highest BCUT2D eigenvalue weighted by molar-refractivity contribution is 14.1. The van der Waals surface area contributed by atoms with Gasteiger partial charge in [-0.1, -0.05) is 0 Å². The Labute approximate surface area is 90.5 Å². The van der Waals surface area contributed by atoms with Crippen LogP contribution in [0.5, 0.6) is 0 Å². The van der Waals surface area contributed by atoms with Gasteiger partial charge in [-0.3, -0.25) is 9.59 Å². The number of carbonyl (C=O) groups is 2. The fourth-order valence-corrected chi connectivity index (χ4v) is 1.91. The van der Waals surface area contributed by atoms with Crippen molar-refractivity contribution in [2.24, 2.45) is 0 Å². The summed E-state index contributed by atoms with van der Waals surface area (Å²) in [7, 11) is 0. The highest BCUT2D eigenvalue weighted by atomic mass is 127. The lowest BCUT2D eigenvalue weighted by molar-refractivity contribution is 0.101. The van der Waals surface area contributed by atoms with Crippen LogP contribution in [-0.4, -0.2) is 12.1 Å². The van der Waals surface area contributed by atoms with Crippen molar-refractivity contribution in [3.63, 3.8) is 0 Å². The van der Waals surface area contributed by atoms with Crippen molar-refractivity contribution in [2.45, 2.75) is 13.8 Å². The highest BCUT2D eigenvalue weighted by Crippen LogP contribution is 2.17. The Balaban J connectivity index is 3.38. The van der Waals surface area contributed by atoms with E-state index < -0.39 is 0 Å². The molecular weight excluding hydrogens is 279 g/mol. The van der Waals surface area contributed by atoms with E-state index >= 15 is 0 Å². The van der Waals surface area contributed by atoms with Gasteiger partial charge in [0.05, 0.1) is 0 Å². The summed E-state index contributed by atoms with van der Waals surface area (Å²) in [4.78, 5) is 21.7. The highest BCUT2D eigenvalue weighted by Gasteiger charge is 2.07. The third-order valence-electron chi connectivity index (χ3n) is 1.85. The molecule has 0 bridgehead atoms. The Morgan fingerprint density at radius 2 is 2.08 bits per heavy atom. The van der Waals surface area contributed by atoms with Crippen LogP contribution >= 0.6 is 22.6 Å². The first-order chi connectivity index (χ1) is 6.06. The maximum Gasteiger partial charge on any atom is 0.160 e. The van der Waals surface area contributed by atoms with Crippen molar-refractivity contribution in [1.82, 2.24) is 0 Å². The molecule has 0 aliphatic carbocycles. The van der Waals surface area contributed by atoms with E-state index in [9.17, 15) is 9.59 Å². The Kier molecular flexibility index (Phi) is 3.19. The van der Waals surface area contributed by atoms with Crippen LogP contribution in [0.25, 0.3) is 0 Å². The van der Waals surface area contributed by atoms with E-state index in [1.54, 1.807) is 6.07 Å². The predicted octanol–water partition coefficient (Wildman–Crippen LogP) is 2.61. The molecule has 13 heavy (non-hydrogen) atoms. The largest absolute Gasteiger partial charge is 0.298 e. The fourth-order valence-electron chi connectivity index (χ4n) is 1.16. The lowest BCUT2D eigenvalue weighted by atomic mass is 10.0. The number of benzene rings is 1. The monoisotopic (exact) mass is 288 g/mol. The van der Waals surface area contributed by atoms with E-state index in [1.165, 1.54) is 6.92 Å². The number of aryl methyl sites for hydroxylation is 1. The second kappa shape index (κ2) is 4.00. The smallest absolute Gasteiger partial charge is 0.160 e. The van der Waals surface area contributed by atoms with Crippen molar-refractivity contribution in [2.75, 3.05) is 0 Å². The molecule has 0 saturated carbocycles. The normalized spacial score (nSPS) is 9.77. The van der Waals surface area contributed by atoms with E-state index in [-0.39, 0.29) is 5.78 Å². The van der Waals surface area contributed by atoms with Gasteiger partial charge in [0.2, 0.25) is 0 Å². The second-order valence-corrected chi connectivity index (χ2v) is 4.02. The summed E-state index contributed by atoms with van der Waals surface area (Å²) in [6.45, 7) is 3.37. The van der Waals surface area contributed by atoms with Crippen LogP contribution in [0, 0.1) is 10.5 Å². The SMILES string of the molecule is CC(=O)c1cc(C=O)c(I)cc1C. The topological polar surface area (TPSA) is 34.1 Å². The number of halogens is 1. The summed E-state index contributed by atoms with van der Waals surface area (Å²) >= 11 is 2.08. The third-order valence-corrected chi connectivity index (χ3v) is 2.78. The van der Waals surface area contributed by atoms with Gasteiger partial charge in [-0.05, 0) is 54.1 Å². The average molecular weight is 288 g/mol. The maximum absolute atomic E-state index is 11.1. The van der Waals surface area contributed by atoms with Gasteiger partial charge < -0.3 is 0 Å². The molecule has 0 fully saturated rings. The number of hydrogen-bond acceptors (Lipinski definition) is 2. The molecule has 0 unspecified atom stereocenters. The van der Waals surface area contributed by atoms with E-state index in [0.717, 1.165) is 15.4 Å². The summed E-state index contributed by atoms with van der Waals surface area (Å²) in [5.74, 6) is -0.00278. The van der Waals surface area contributed by atoms with Crippen LogP contribution in [0.3, 0.4) is 0 Å². The Morgan fingerprint density at radius 1 is 1.46 bits per heavy atom. The summed E-state index contributed by atoms with van der Waals surface area (Å²) in [6.07, 6.45) is 0.771. The Morgan fingerprint density at radius 3 is 2.54 bits per heavy atom. The van der Waals surface area contributed by atoms with Crippen molar-refractivity contribution in [1.29, 1.82) is 0 Å². The molecule has 0 aromatic heterocycles. The van der Waals surface area contributed by atoms with Crippen LogP contribution in [0.4, 0.5) is 0 Å². The van der Waals surface area contributed by atoms with Gasteiger partial charge >= 0.3 is 0 Å². The van der Waals surface area contributed by atoms with Crippen molar-refractivity contribution >= 4 is 34.7 Å². The molecule has 0 aliphatic rings. The molecule has 0 N–H and O–H groups in total. The average Bonchev–Trinajstić information content (AvgIpc) is 2.03.